The number of hydrogen-bond acceptors (Lipinski definition) is 4. The monoisotopic (exact) mass is 297 g/mol. The smallest absolute Gasteiger partial charge is 0.311 e. The predicted molar refractivity (Wildman–Crippen MR) is 75.8 cm³/mol. The van der Waals surface area contributed by atoms with Crippen LogP contribution < -0.4 is 5.32 Å². The molecule has 2 heterocycles. The summed E-state index contributed by atoms with van der Waals surface area (Å²) in [5, 5.41) is 16.1. The van der Waals surface area contributed by atoms with E-state index in [1.54, 1.807) is 11.3 Å². The van der Waals surface area contributed by atoms with Crippen LogP contribution in [0.25, 0.3) is 0 Å². The van der Waals surface area contributed by atoms with Gasteiger partial charge in [-0.25, -0.2) is 0 Å². The van der Waals surface area contributed by atoms with Crippen molar-refractivity contribution in [2.45, 2.75) is 25.7 Å². The summed E-state index contributed by atoms with van der Waals surface area (Å²) in [6.07, 6.45) is 1.99. The number of carboxylic acids is 1. The van der Waals surface area contributed by atoms with Gasteiger partial charge in [-0.15, -0.1) is 0 Å². The third-order valence-electron chi connectivity index (χ3n) is 3.75. The number of amides is 1. The third kappa shape index (κ3) is 3.80. The maximum Gasteiger partial charge on any atom is 0.311 e. The molecule has 5 nitrogen and oxygen atoms in total. The molecule has 0 aliphatic carbocycles. The number of hydrogen-bond donors (Lipinski definition) is 2. The Morgan fingerprint density at radius 2 is 2.15 bits per heavy atom. The van der Waals surface area contributed by atoms with Gasteiger partial charge in [0, 0.05) is 26.2 Å². The third-order valence-corrected chi connectivity index (χ3v) is 4.48. The fraction of sp³-hybridized carbons (Fsp3) is 0.571. The largest absolute Gasteiger partial charge is 0.481 e. The topological polar surface area (TPSA) is 75.6 Å². The first-order valence-electron chi connectivity index (χ1n) is 6.71. The van der Waals surface area contributed by atoms with Crippen LogP contribution in [0.2, 0.25) is 0 Å². The summed E-state index contributed by atoms with van der Waals surface area (Å²) in [6, 6.07) is 2.00. The molecule has 0 bridgehead atoms. The lowest BCUT2D eigenvalue weighted by molar-refractivity contribution is -0.154. The molecule has 1 aromatic rings. The van der Waals surface area contributed by atoms with Crippen LogP contribution in [-0.2, 0) is 20.7 Å². The highest BCUT2D eigenvalue weighted by molar-refractivity contribution is 7.07. The van der Waals surface area contributed by atoms with Gasteiger partial charge < -0.3 is 15.2 Å². The van der Waals surface area contributed by atoms with Gasteiger partial charge in [0.2, 0.25) is 5.91 Å². The zero-order valence-corrected chi connectivity index (χ0v) is 12.1. The van der Waals surface area contributed by atoms with Crippen molar-refractivity contribution >= 4 is 23.2 Å². The first-order valence-corrected chi connectivity index (χ1v) is 7.66. The number of ether oxygens (including phenoxy) is 1. The standard InChI is InChI=1S/C14H19NO4S/c16-12(2-1-11-3-8-20-9-11)15-10-14(13(17)18)4-6-19-7-5-14/h3,8-9H,1-2,4-7,10H2,(H,15,16)(H,17,18). The SMILES string of the molecule is O=C(CCc1ccsc1)NCC1(C(=O)O)CCOCC1. The zero-order chi connectivity index (χ0) is 14.4. The zero-order valence-electron chi connectivity index (χ0n) is 11.3. The maximum atomic E-state index is 11.8. The lowest BCUT2D eigenvalue weighted by atomic mass is 9.80. The molecule has 0 saturated carbocycles. The number of thiophene rings is 1. The van der Waals surface area contributed by atoms with Crippen molar-refractivity contribution in [1.82, 2.24) is 5.32 Å². The lowest BCUT2D eigenvalue weighted by Gasteiger charge is -2.33. The molecule has 110 valence electrons. The molecule has 2 rings (SSSR count). The maximum absolute atomic E-state index is 11.8. The van der Waals surface area contributed by atoms with E-state index >= 15 is 0 Å². The Balaban J connectivity index is 1.80. The molecule has 1 aliphatic heterocycles. The molecule has 2 N–H and O–H groups in total. The summed E-state index contributed by atoms with van der Waals surface area (Å²) in [5.41, 5.74) is 0.278. The Morgan fingerprint density at radius 1 is 1.40 bits per heavy atom. The van der Waals surface area contributed by atoms with Gasteiger partial charge in [0.25, 0.3) is 0 Å². The molecule has 0 radical (unpaired) electrons. The Labute approximate surface area is 121 Å². The van der Waals surface area contributed by atoms with Gasteiger partial charge >= 0.3 is 5.97 Å². The normalized spacial score (nSPS) is 17.6. The highest BCUT2D eigenvalue weighted by Gasteiger charge is 2.40. The number of carbonyl (C=O) groups is 2. The van der Waals surface area contributed by atoms with Crippen molar-refractivity contribution in [3.8, 4) is 0 Å². The second-order valence-corrected chi connectivity index (χ2v) is 5.89. The molecule has 0 aromatic carbocycles. The number of aliphatic carboxylic acids is 1. The van der Waals surface area contributed by atoms with E-state index in [2.05, 4.69) is 5.32 Å². The molecule has 20 heavy (non-hydrogen) atoms. The van der Waals surface area contributed by atoms with Crippen LogP contribution in [0.15, 0.2) is 16.8 Å². The summed E-state index contributed by atoms with van der Waals surface area (Å²) >= 11 is 1.61. The second kappa shape index (κ2) is 6.85. The molecule has 6 heteroatoms. The highest BCUT2D eigenvalue weighted by atomic mass is 32.1. The van der Waals surface area contributed by atoms with Gasteiger partial charge in [0.1, 0.15) is 0 Å². The van der Waals surface area contributed by atoms with Crippen LogP contribution in [0.4, 0.5) is 0 Å². The summed E-state index contributed by atoms with van der Waals surface area (Å²) in [5.74, 6) is -0.942. The molecule has 1 aromatic heterocycles. The van der Waals surface area contributed by atoms with Gasteiger partial charge in [0.05, 0.1) is 5.41 Å². The van der Waals surface area contributed by atoms with Crippen molar-refractivity contribution in [2.24, 2.45) is 5.41 Å². The van der Waals surface area contributed by atoms with Crippen LogP contribution in [0.1, 0.15) is 24.8 Å². The molecule has 1 amide bonds. The van der Waals surface area contributed by atoms with Gasteiger partial charge in [-0.3, -0.25) is 9.59 Å². The van der Waals surface area contributed by atoms with Gasteiger partial charge in [-0.05, 0) is 41.7 Å². The summed E-state index contributed by atoms with van der Waals surface area (Å²) in [4.78, 5) is 23.2. The van der Waals surface area contributed by atoms with Crippen LogP contribution in [-0.4, -0.2) is 36.7 Å². The minimum atomic E-state index is -0.865. The number of rotatable bonds is 6. The molecular formula is C14H19NO4S. The minimum absolute atomic E-state index is 0.0942. The van der Waals surface area contributed by atoms with Crippen molar-refractivity contribution in [2.75, 3.05) is 19.8 Å². The number of carboxylic acid groups (broad SMARTS) is 1. The van der Waals surface area contributed by atoms with Gasteiger partial charge in [-0.2, -0.15) is 11.3 Å². The van der Waals surface area contributed by atoms with E-state index in [4.69, 9.17) is 4.74 Å². The Kier molecular flexibility index (Phi) is 5.14. The number of nitrogens with one attached hydrogen (secondary N) is 1. The fourth-order valence-electron chi connectivity index (χ4n) is 2.28. The van der Waals surface area contributed by atoms with Crippen LogP contribution >= 0.6 is 11.3 Å². The van der Waals surface area contributed by atoms with Gasteiger partial charge in [0.15, 0.2) is 0 Å². The van der Waals surface area contributed by atoms with Crippen molar-refractivity contribution in [3.63, 3.8) is 0 Å². The molecule has 0 unspecified atom stereocenters. The Hall–Kier alpha value is -1.40. The van der Waals surface area contributed by atoms with E-state index in [9.17, 15) is 14.7 Å². The lowest BCUT2D eigenvalue weighted by Crippen LogP contribution is -2.46. The molecule has 1 aliphatic rings. The van der Waals surface area contributed by atoms with E-state index in [1.165, 1.54) is 0 Å². The predicted octanol–water partition coefficient (Wildman–Crippen LogP) is 1.68. The quantitative estimate of drug-likeness (QED) is 0.837. The number of carbonyl (C=O) groups excluding carboxylic acids is 1. The van der Waals surface area contributed by atoms with Crippen molar-refractivity contribution < 1.29 is 19.4 Å². The minimum Gasteiger partial charge on any atom is -0.481 e. The Bertz CT molecular complexity index is 452. The average Bonchev–Trinajstić information content (AvgIpc) is 2.97. The average molecular weight is 297 g/mol. The van der Waals surface area contributed by atoms with E-state index in [0.717, 1.165) is 5.56 Å². The molecule has 1 saturated heterocycles. The summed E-state index contributed by atoms with van der Waals surface area (Å²) in [6.45, 7) is 1.07. The van der Waals surface area contributed by atoms with Crippen LogP contribution in [0, 0.1) is 5.41 Å². The van der Waals surface area contributed by atoms with E-state index in [-0.39, 0.29) is 12.5 Å². The highest BCUT2D eigenvalue weighted by Crippen LogP contribution is 2.30. The molecule has 1 fully saturated rings. The van der Waals surface area contributed by atoms with Crippen LogP contribution in [0.5, 0.6) is 0 Å². The first-order chi connectivity index (χ1) is 9.62. The second-order valence-electron chi connectivity index (χ2n) is 5.11. The van der Waals surface area contributed by atoms with Crippen LogP contribution in [0.3, 0.4) is 0 Å². The summed E-state index contributed by atoms with van der Waals surface area (Å²) < 4.78 is 5.20. The molecule has 0 spiro atoms. The van der Waals surface area contributed by atoms with E-state index in [0.29, 0.717) is 38.9 Å². The fourth-order valence-corrected chi connectivity index (χ4v) is 2.98. The number of aryl methyl sites for hydroxylation is 1. The Morgan fingerprint density at radius 3 is 2.75 bits per heavy atom. The van der Waals surface area contributed by atoms with Crippen molar-refractivity contribution in [3.05, 3.63) is 22.4 Å². The summed E-state index contributed by atoms with van der Waals surface area (Å²) in [7, 11) is 0. The van der Waals surface area contributed by atoms with Gasteiger partial charge in [-0.1, -0.05) is 0 Å². The van der Waals surface area contributed by atoms with E-state index < -0.39 is 11.4 Å². The first kappa shape index (κ1) is 15.0. The van der Waals surface area contributed by atoms with E-state index in [1.807, 2.05) is 16.8 Å². The molecule has 0 atom stereocenters. The molecular weight excluding hydrogens is 278 g/mol. The van der Waals surface area contributed by atoms with Crippen molar-refractivity contribution in [1.29, 1.82) is 0 Å².